The van der Waals surface area contributed by atoms with E-state index in [9.17, 15) is 9.59 Å². The first-order valence-corrected chi connectivity index (χ1v) is 6.75. The van der Waals surface area contributed by atoms with E-state index >= 15 is 0 Å². The van der Waals surface area contributed by atoms with E-state index < -0.39 is 11.8 Å². The molecular weight excluding hydrogens is 256 g/mol. The molecule has 1 atom stereocenters. The summed E-state index contributed by atoms with van der Waals surface area (Å²) in [5.74, 6) is -1.27. The predicted octanol–water partition coefficient (Wildman–Crippen LogP) is 1.19. The second-order valence-corrected chi connectivity index (χ2v) is 4.54. The fraction of sp³-hybridized carbons (Fsp3) is 0.467. The molecule has 1 aromatic rings. The van der Waals surface area contributed by atoms with Crippen LogP contribution in [0.5, 0.6) is 0 Å². The van der Waals surface area contributed by atoms with Crippen molar-refractivity contribution in [2.45, 2.75) is 26.3 Å². The molecule has 0 fully saturated rings. The van der Waals surface area contributed by atoms with Gasteiger partial charge in [0.25, 0.3) is 0 Å². The number of hydrogen-bond acceptors (Lipinski definition) is 3. The number of benzene rings is 1. The second kappa shape index (κ2) is 8.32. The minimum absolute atomic E-state index is 0.207. The average Bonchev–Trinajstić information content (AvgIpc) is 2.47. The van der Waals surface area contributed by atoms with Crippen molar-refractivity contribution in [3.05, 3.63) is 35.4 Å². The quantitative estimate of drug-likeness (QED) is 0.607. The maximum absolute atomic E-state index is 11.7. The molecule has 5 nitrogen and oxygen atoms in total. The van der Waals surface area contributed by atoms with E-state index in [-0.39, 0.29) is 6.04 Å². The number of amides is 2. The highest BCUT2D eigenvalue weighted by molar-refractivity contribution is 6.35. The lowest BCUT2D eigenvalue weighted by atomic mass is 10.1. The molecule has 1 rings (SSSR count). The first-order chi connectivity index (χ1) is 9.58. The molecule has 0 aliphatic carbocycles. The minimum Gasteiger partial charge on any atom is -0.383 e. The molecule has 0 radical (unpaired) electrons. The molecule has 0 aliphatic heterocycles. The van der Waals surface area contributed by atoms with Crippen molar-refractivity contribution in [2.24, 2.45) is 0 Å². The van der Waals surface area contributed by atoms with Crippen LogP contribution in [0.4, 0.5) is 0 Å². The molecule has 110 valence electrons. The van der Waals surface area contributed by atoms with Crippen LogP contribution in [0.25, 0.3) is 0 Å². The van der Waals surface area contributed by atoms with Crippen molar-refractivity contribution in [3.63, 3.8) is 0 Å². The van der Waals surface area contributed by atoms with Crippen molar-refractivity contribution >= 4 is 11.8 Å². The maximum Gasteiger partial charge on any atom is 0.309 e. The van der Waals surface area contributed by atoms with Gasteiger partial charge in [-0.1, -0.05) is 31.2 Å². The topological polar surface area (TPSA) is 67.4 Å². The Labute approximate surface area is 119 Å². The molecule has 20 heavy (non-hydrogen) atoms. The minimum atomic E-state index is -0.640. The van der Waals surface area contributed by atoms with Gasteiger partial charge in [-0.15, -0.1) is 0 Å². The Bertz CT molecular complexity index is 443. The van der Waals surface area contributed by atoms with Gasteiger partial charge < -0.3 is 15.4 Å². The fourth-order valence-electron chi connectivity index (χ4n) is 1.73. The molecule has 0 saturated heterocycles. The third kappa shape index (κ3) is 5.01. The number of methoxy groups -OCH3 is 1. The Morgan fingerprint density at radius 1 is 1.20 bits per heavy atom. The smallest absolute Gasteiger partial charge is 0.309 e. The number of carbonyl (C=O) groups is 2. The van der Waals surface area contributed by atoms with Gasteiger partial charge in [0.1, 0.15) is 0 Å². The SMILES string of the molecule is CCc1ccc(C(C)NC(=O)C(=O)NCCOC)cc1. The van der Waals surface area contributed by atoms with Crippen molar-refractivity contribution in [1.82, 2.24) is 10.6 Å². The van der Waals surface area contributed by atoms with Crippen molar-refractivity contribution < 1.29 is 14.3 Å². The van der Waals surface area contributed by atoms with E-state index in [1.54, 1.807) is 0 Å². The fourth-order valence-corrected chi connectivity index (χ4v) is 1.73. The Morgan fingerprint density at radius 3 is 2.40 bits per heavy atom. The van der Waals surface area contributed by atoms with Gasteiger partial charge in [-0.2, -0.15) is 0 Å². The van der Waals surface area contributed by atoms with Crippen LogP contribution in [0.1, 0.15) is 31.0 Å². The zero-order chi connectivity index (χ0) is 15.0. The lowest BCUT2D eigenvalue weighted by molar-refractivity contribution is -0.139. The number of nitrogens with one attached hydrogen (secondary N) is 2. The first-order valence-electron chi connectivity index (χ1n) is 6.75. The van der Waals surface area contributed by atoms with Gasteiger partial charge in [-0.25, -0.2) is 0 Å². The van der Waals surface area contributed by atoms with E-state index in [1.807, 2.05) is 31.2 Å². The lowest BCUT2D eigenvalue weighted by Crippen LogP contribution is -2.41. The van der Waals surface area contributed by atoms with Gasteiger partial charge in [-0.3, -0.25) is 9.59 Å². The molecule has 1 unspecified atom stereocenters. The third-order valence-corrected chi connectivity index (χ3v) is 3.03. The van der Waals surface area contributed by atoms with E-state index in [4.69, 9.17) is 4.74 Å². The number of aryl methyl sites for hydroxylation is 1. The largest absolute Gasteiger partial charge is 0.383 e. The molecular formula is C15H22N2O3. The summed E-state index contributed by atoms with van der Waals surface area (Å²) in [6.45, 7) is 4.64. The van der Waals surface area contributed by atoms with Gasteiger partial charge in [0.05, 0.1) is 12.6 Å². The molecule has 0 saturated carbocycles. The van der Waals surface area contributed by atoms with E-state index in [0.29, 0.717) is 13.2 Å². The monoisotopic (exact) mass is 278 g/mol. The van der Waals surface area contributed by atoms with Gasteiger partial charge in [0, 0.05) is 13.7 Å². The molecule has 0 aromatic heterocycles. The number of carbonyl (C=O) groups excluding carboxylic acids is 2. The van der Waals surface area contributed by atoms with Crippen LogP contribution in [0.15, 0.2) is 24.3 Å². The molecule has 2 N–H and O–H groups in total. The van der Waals surface area contributed by atoms with Crippen molar-refractivity contribution in [3.8, 4) is 0 Å². The summed E-state index contributed by atoms with van der Waals surface area (Å²) < 4.78 is 4.80. The molecule has 0 bridgehead atoms. The Balaban J connectivity index is 2.49. The summed E-state index contributed by atoms with van der Waals surface area (Å²) in [5, 5.41) is 5.15. The lowest BCUT2D eigenvalue weighted by Gasteiger charge is -2.14. The molecule has 1 aromatic carbocycles. The predicted molar refractivity (Wildman–Crippen MR) is 77.3 cm³/mol. The van der Waals surface area contributed by atoms with Crippen LogP contribution >= 0.6 is 0 Å². The first kappa shape index (κ1) is 16.2. The van der Waals surface area contributed by atoms with Crippen LogP contribution < -0.4 is 10.6 Å². The summed E-state index contributed by atoms with van der Waals surface area (Å²) in [6.07, 6.45) is 0.975. The third-order valence-electron chi connectivity index (χ3n) is 3.03. The standard InChI is InChI=1S/C15H22N2O3/c1-4-12-5-7-13(8-6-12)11(2)17-15(19)14(18)16-9-10-20-3/h5-8,11H,4,9-10H2,1-3H3,(H,16,18)(H,17,19). The molecule has 0 heterocycles. The zero-order valence-electron chi connectivity index (χ0n) is 12.2. The molecule has 2 amide bonds. The van der Waals surface area contributed by atoms with Crippen LogP contribution in [-0.2, 0) is 20.7 Å². The summed E-state index contributed by atoms with van der Waals surface area (Å²) in [5.41, 5.74) is 2.21. The number of rotatable bonds is 6. The molecule has 0 aliphatic rings. The summed E-state index contributed by atoms with van der Waals surface area (Å²) in [7, 11) is 1.54. The highest BCUT2D eigenvalue weighted by atomic mass is 16.5. The normalized spacial score (nSPS) is 11.8. The summed E-state index contributed by atoms with van der Waals surface area (Å²) >= 11 is 0. The second-order valence-electron chi connectivity index (χ2n) is 4.54. The molecule has 0 spiro atoms. The van der Waals surface area contributed by atoms with E-state index in [1.165, 1.54) is 12.7 Å². The van der Waals surface area contributed by atoms with E-state index in [2.05, 4.69) is 17.6 Å². The number of hydrogen-bond donors (Lipinski definition) is 2. The van der Waals surface area contributed by atoms with Crippen molar-refractivity contribution in [2.75, 3.05) is 20.3 Å². The number of ether oxygens (including phenoxy) is 1. The van der Waals surface area contributed by atoms with Crippen LogP contribution in [0.3, 0.4) is 0 Å². The molecule has 5 heteroatoms. The van der Waals surface area contributed by atoms with Gasteiger partial charge in [-0.05, 0) is 24.5 Å². The maximum atomic E-state index is 11.7. The Kier molecular flexibility index (Phi) is 6.73. The van der Waals surface area contributed by atoms with Crippen LogP contribution in [-0.4, -0.2) is 32.1 Å². The van der Waals surface area contributed by atoms with Gasteiger partial charge in [0.15, 0.2) is 0 Å². The Morgan fingerprint density at radius 2 is 1.85 bits per heavy atom. The van der Waals surface area contributed by atoms with Crippen LogP contribution in [0, 0.1) is 0 Å². The van der Waals surface area contributed by atoms with Gasteiger partial charge in [0.2, 0.25) is 0 Å². The Hall–Kier alpha value is -1.88. The van der Waals surface area contributed by atoms with Gasteiger partial charge >= 0.3 is 11.8 Å². The highest BCUT2D eigenvalue weighted by Gasteiger charge is 2.16. The zero-order valence-corrected chi connectivity index (χ0v) is 12.2. The van der Waals surface area contributed by atoms with Crippen LogP contribution in [0.2, 0.25) is 0 Å². The summed E-state index contributed by atoms with van der Waals surface area (Å²) in [4.78, 5) is 23.2. The highest BCUT2D eigenvalue weighted by Crippen LogP contribution is 2.13. The summed E-state index contributed by atoms with van der Waals surface area (Å²) in [6, 6.07) is 7.77. The van der Waals surface area contributed by atoms with E-state index in [0.717, 1.165) is 12.0 Å². The average molecular weight is 278 g/mol. The van der Waals surface area contributed by atoms with Crippen molar-refractivity contribution in [1.29, 1.82) is 0 Å².